The van der Waals surface area contributed by atoms with Gasteiger partial charge in [-0.05, 0) is 6.92 Å². The Labute approximate surface area is 68.7 Å². The van der Waals surface area contributed by atoms with Crippen LogP contribution in [0.15, 0.2) is 4.79 Å². The van der Waals surface area contributed by atoms with Gasteiger partial charge in [0.15, 0.2) is 0 Å². The molecule has 0 fully saturated rings. The third kappa shape index (κ3) is 1.92. The highest BCUT2D eigenvalue weighted by atomic mass is 32.1. The highest BCUT2D eigenvalue weighted by Crippen LogP contribution is 1.94. The predicted octanol–water partition coefficient (Wildman–Crippen LogP) is 0.637. The molecule has 0 amide bonds. The molecule has 0 unspecified atom stereocenters. The average Bonchev–Trinajstić information content (AvgIpc) is 2.26. The van der Waals surface area contributed by atoms with Crippen LogP contribution in [0.4, 0.5) is 0 Å². The predicted molar refractivity (Wildman–Crippen MR) is 44.6 cm³/mol. The van der Waals surface area contributed by atoms with E-state index in [2.05, 4.69) is 11.0 Å². The van der Waals surface area contributed by atoms with E-state index in [-0.39, 0.29) is 4.87 Å². The summed E-state index contributed by atoms with van der Waals surface area (Å²) in [5, 5.41) is 4.76. The monoisotopic (exact) mass is 168 g/mol. The van der Waals surface area contributed by atoms with Gasteiger partial charge in [-0.1, -0.05) is 11.3 Å². The molecule has 0 bridgehead atoms. The van der Waals surface area contributed by atoms with E-state index in [0.29, 0.717) is 13.0 Å². The van der Waals surface area contributed by atoms with Crippen LogP contribution in [0.1, 0.15) is 11.4 Å². The van der Waals surface area contributed by atoms with Gasteiger partial charge in [-0.2, -0.15) is 5.10 Å². The van der Waals surface area contributed by atoms with Gasteiger partial charge in [0.25, 0.3) is 0 Å². The van der Waals surface area contributed by atoms with Crippen LogP contribution in [-0.2, 0) is 6.54 Å². The van der Waals surface area contributed by atoms with E-state index >= 15 is 0 Å². The minimum Gasteiger partial charge on any atom is -0.255 e. The van der Waals surface area contributed by atoms with Gasteiger partial charge in [0.2, 0.25) is 0 Å². The second-order valence-electron chi connectivity index (χ2n) is 2.06. The minimum absolute atomic E-state index is 0.0299. The molecule has 0 aliphatic heterocycles. The van der Waals surface area contributed by atoms with Crippen molar-refractivity contribution >= 4 is 11.3 Å². The standard InChI is InChI=1S/C7H8N2OS/c1-3-4-5-9-7(10)11-6(2)8-9/h1H,4-5H2,2H3. The summed E-state index contributed by atoms with van der Waals surface area (Å²) in [5.74, 6) is 2.46. The fourth-order valence-electron chi connectivity index (χ4n) is 0.722. The van der Waals surface area contributed by atoms with E-state index in [1.165, 1.54) is 4.68 Å². The van der Waals surface area contributed by atoms with Gasteiger partial charge in [0.05, 0.1) is 6.54 Å². The number of hydrogen-bond donors (Lipinski definition) is 0. The van der Waals surface area contributed by atoms with Crippen LogP contribution in [-0.4, -0.2) is 9.78 Å². The number of aromatic nitrogens is 2. The van der Waals surface area contributed by atoms with E-state index in [4.69, 9.17) is 6.42 Å². The summed E-state index contributed by atoms with van der Waals surface area (Å²) in [6.07, 6.45) is 5.60. The van der Waals surface area contributed by atoms with Gasteiger partial charge in [0.1, 0.15) is 5.01 Å². The van der Waals surface area contributed by atoms with Crippen molar-refractivity contribution in [2.24, 2.45) is 0 Å². The molecule has 0 spiro atoms. The zero-order valence-corrected chi connectivity index (χ0v) is 7.02. The molecule has 58 valence electrons. The second-order valence-corrected chi connectivity index (χ2v) is 3.21. The Hall–Kier alpha value is -1.08. The van der Waals surface area contributed by atoms with Gasteiger partial charge < -0.3 is 0 Å². The van der Waals surface area contributed by atoms with E-state index in [0.717, 1.165) is 16.3 Å². The molecule has 3 nitrogen and oxygen atoms in total. The molecule has 1 rings (SSSR count). The fourth-order valence-corrected chi connectivity index (χ4v) is 1.35. The smallest absolute Gasteiger partial charge is 0.255 e. The number of rotatable bonds is 2. The summed E-state index contributed by atoms with van der Waals surface area (Å²) >= 11 is 1.15. The second kappa shape index (κ2) is 3.35. The van der Waals surface area contributed by atoms with Crippen LogP contribution in [0.5, 0.6) is 0 Å². The molecular formula is C7H8N2OS. The van der Waals surface area contributed by atoms with Gasteiger partial charge in [-0.3, -0.25) is 4.79 Å². The van der Waals surface area contributed by atoms with E-state index in [9.17, 15) is 4.79 Å². The van der Waals surface area contributed by atoms with Crippen molar-refractivity contribution < 1.29 is 0 Å². The molecule has 11 heavy (non-hydrogen) atoms. The van der Waals surface area contributed by atoms with E-state index in [1.54, 1.807) is 6.92 Å². The lowest BCUT2D eigenvalue weighted by atomic mass is 10.4. The first-order valence-electron chi connectivity index (χ1n) is 3.22. The molecule has 0 aromatic carbocycles. The molecule has 0 atom stereocenters. The van der Waals surface area contributed by atoms with Crippen molar-refractivity contribution in [3.8, 4) is 12.3 Å². The largest absolute Gasteiger partial charge is 0.325 e. The summed E-state index contributed by atoms with van der Waals surface area (Å²) in [7, 11) is 0. The molecule has 0 saturated heterocycles. The lowest BCUT2D eigenvalue weighted by molar-refractivity contribution is 0.607. The van der Waals surface area contributed by atoms with Crippen molar-refractivity contribution in [3.63, 3.8) is 0 Å². The highest BCUT2D eigenvalue weighted by molar-refractivity contribution is 7.08. The van der Waals surface area contributed by atoms with Crippen LogP contribution >= 0.6 is 11.3 Å². The molecule has 0 saturated carbocycles. The summed E-state index contributed by atoms with van der Waals surface area (Å²) < 4.78 is 1.40. The van der Waals surface area contributed by atoms with Crippen molar-refractivity contribution in [2.75, 3.05) is 0 Å². The topological polar surface area (TPSA) is 34.9 Å². The summed E-state index contributed by atoms with van der Waals surface area (Å²) in [6.45, 7) is 2.33. The SMILES string of the molecule is C#CCCn1nc(C)sc1=O. The molecule has 0 N–H and O–H groups in total. The summed E-state index contributed by atoms with van der Waals surface area (Å²) in [5.41, 5.74) is 0. The first-order chi connectivity index (χ1) is 5.24. The normalized spacial score (nSPS) is 9.45. The Balaban J connectivity index is 2.80. The zero-order valence-electron chi connectivity index (χ0n) is 6.20. The van der Waals surface area contributed by atoms with Crippen molar-refractivity contribution in [2.45, 2.75) is 19.9 Å². The first kappa shape index (κ1) is 8.02. The lowest BCUT2D eigenvalue weighted by Crippen LogP contribution is -2.14. The van der Waals surface area contributed by atoms with Crippen LogP contribution in [0.2, 0.25) is 0 Å². The lowest BCUT2D eigenvalue weighted by Gasteiger charge is -1.91. The quantitative estimate of drug-likeness (QED) is 0.607. The number of terminal acetylenes is 1. The van der Waals surface area contributed by atoms with Gasteiger partial charge in [-0.15, -0.1) is 12.3 Å². The van der Waals surface area contributed by atoms with Gasteiger partial charge in [-0.25, -0.2) is 4.68 Å². The number of aryl methyl sites for hydroxylation is 2. The van der Waals surface area contributed by atoms with Crippen molar-refractivity contribution in [1.29, 1.82) is 0 Å². The Morgan fingerprint density at radius 3 is 3.00 bits per heavy atom. The molecule has 1 aromatic rings. The molecule has 1 heterocycles. The van der Waals surface area contributed by atoms with Crippen LogP contribution < -0.4 is 4.87 Å². The minimum atomic E-state index is -0.0299. The molecule has 0 aliphatic carbocycles. The Morgan fingerprint density at radius 1 is 1.82 bits per heavy atom. The molecule has 0 aliphatic rings. The van der Waals surface area contributed by atoms with Crippen molar-refractivity contribution in [1.82, 2.24) is 9.78 Å². The molecular weight excluding hydrogens is 160 g/mol. The summed E-state index contributed by atoms with van der Waals surface area (Å²) in [4.78, 5) is 11.0. The molecule has 1 aromatic heterocycles. The highest BCUT2D eigenvalue weighted by Gasteiger charge is 1.99. The Kier molecular flexibility index (Phi) is 2.44. The molecule has 4 heteroatoms. The third-order valence-corrected chi connectivity index (χ3v) is 1.94. The Morgan fingerprint density at radius 2 is 2.55 bits per heavy atom. The maximum atomic E-state index is 11.0. The number of nitrogens with zero attached hydrogens (tertiary/aromatic N) is 2. The first-order valence-corrected chi connectivity index (χ1v) is 4.03. The maximum absolute atomic E-state index is 11.0. The van der Waals surface area contributed by atoms with Crippen LogP contribution in [0, 0.1) is 19.3 Å². The van der Waals surface area contributed by atoms with Gasteiger partial charge >= 0.3 is 4.87 Å². The molecule has 0 radical (unpaired) electrons. The summed E-state index contributed by atoms with van der Waals surface area (Å²) in [6, 6.07) is 0. The third-order valence-electron chi connectivity index (χ3n) is 1.18. The maximum Gasteiger partial charge on any atom is 0.325 e. The Bertz CT molecular complexity index is 331. The average molecular weight is 168 g/mol. The van der Waals surface area contributed by atoms with Gasteiger partial charge in [0, 0.05) is 6.42 Å². The van der Waals surface area contributed by atoms with Crippen LogP contribution in [0.25, 0.3) is 0 Å². The number of hydrogen-bond acceptors (Lipinski definition) is 3. The van der Waals surface area contributed by atoms with E-state index in [1.807, 2.05) is 0 Å². The fraction of sp³-hybridized carbons (Fsp3) is 0.429. The van der Waals surface area contributed by atoms with E-state index < -0.39 is 0 Å². The van der Waals surface area contributed by atoms with Crippen molar-refractivity contribution in [3.05, 3.63) is 14.7 Å². The zero-order chi connectivity index (χ0) is 8.27. The van der Waals surface area contributed by atoms with Crippen LogP contribution in [0.3, 0.4) is 0 Å².